The first-order chi connectivity index (χ1) is 16.9. The molecule has 1 aliphatic rings. The molecule has 2 amide bonds. The van der Waals surface area contributed by atoms with Gasteiger partial charge >= 0.3 is 0 Å². The van der Waals surface area contributed by atoms with Gasteiger partial charge < -0.3 is 22.1 Å². The molecule has 0 aromatic heterocycles. The maximum atomic E-state index is 13.1. The Morgan fingerprint density at radius 3 is 1.40 bits per heavy atom. The van der Waals surface area contributed by atoms with Crippen LogP contribution in [0.25, 0.3) is 0 Å². The lowest BCUT2D eigenvalue weighted by Crippen LogP contribution is -2.19. The molecule has 4 aromatic rings. The lowest BCUT2D eigenvalue weighted by Gasteiger charge is -2.20. The van der Waals surface area contributed by atoms with Crippen molar-refractivity contribution in [2.45, 2.75) is 6.42 Å². The van der Waals surface area contributed by atoms with E-state index in [1.54, 1.807) is 84.9 Å². The Labute approximate surface area is 201 Å². The van der Waals surface area contributed by atoms with Crippen LogP contribution in [-0.4, -0.2) is 17.6 Å². The SMILES string of the molecule is Nc1ccc(NC(=O)c2ccc3c(c2)Cc2cc(C(=O)Nc4ccc(N)cc4)ccc2C3=O)cc1. The zero-order valence-corrected chi connectivity index (χ0v) is 18.7. The number of nitrogens with one attached hydrogen (secondary N) is 2. The Morgan fingerprint density at radius 2 is 1.00 bits per heavy atom. The van der Waals surface area contributed by atoms with E-state index >= 15 is 0 Å². The van der Waals surface area contributed by atoms with Gasteiger partial charge in [-0.05, 0) is 102 Å². The van der Waals surface area contributed by atoms with Gasteiger partial charge in [0.25, 0.3) is 11.8 Å². The summed E-state index contributed by atoms with van der Waals surface area (Å²) in [5.41, 5.74) is 17.3. The normalized spacial score (nSPS) is 11.8. The number of hydrogen-bond donors (Lipinski definition) is 4. The van der Waals surface area contributed by atoms with Gasteiger partial charge in [0, 0.05) is 45.0 Å². The monoisotopic (exact) mass is 462 g/mol. The fraction of sp³-hybridized carbons (Fsp3) is 0.0357. The number of anilines is 4. The molecule has 0 aliphatic heterocycles. The average Bonchev–Trinajstić information content (AvgIpc) is 2.86. The zero-order chi connectivity index (χ0) is 24.5. The molecule has 0 heterocycles. The summed E-state index contributed by atoms with van der Waals surface area (Å²) in [6.45, 7) is 0. The molecule has 4 aromatic carbocycles. The summed E-state index contributed by atoms with van der Waals surface area (Å²) in [5, 5.41) is 5.67. The van der Waals surface area contributed by atoms with E-state index in [1.807, 2.05) is 0 Å². The van der Waals surface area contributed by atoms with Crippen LogP contribution in [0.2, 0.25) is 0 Å². The lowest BCUT2D eigenvalue weighted by atomic mass is 9.83. The molecule has 172 valence electrons. The van der Waals surface area contributed by atoms with Gasteiger partial charge in [0.15, 0.2) is 5.78 Å². The minimum absolute atomic E-state index is 0.128. The average molecular weight is 463 g/mol. The predicted molar refractivity (Wildman–Crippen MR) is 137 cm³/mol. The topological polar surface area (TPSA) is 127 Å². The summed E-state index contributed by atoms with van der Waals surface area (Å²) >= 11 is 0. The van der Waals surface area contributed by atoms with Gasteiger partial charge in [-0.25, -0.2) is 0 Å². The van der Waals surface area contributed by atoms with E-state index in [-0.39, 0.29) is 17.6 Å². The van der Waals surface area contributed by atoms with Crippen LogP contribution in [0.1, 0.15) is 47.8 Å². The number of rotatable bonds is 4. The molecule has 0 unspecified atom stereocenters. The van der Waals surface area contributed by atoms with Crippen molar-refractivity contribution in [1.82, 2.24) is 0 Å². The number of carbonyl (C=O) groups excluding carboxylic acids is 3. The number of nitrogens with two attached hydrogens (primary N) is 2. The third kappa shape index (κ3) is 4.47. The second kappa shape index (κ2) is 8.79. The quantitative estimate of drug-likeness (QED) is 0.293. The summed E-state index contributed by atoms with van der Waals surface area (Å²) in [4.78, 5) is 38.6. The van der Waals surface area contributed by atoms with Crippen molar-refractivity contribution in [3.63, 3.8) is 0 Å². The van der Waals surface area contributed by atoms with E-state index < -0.39 is 0 Å². The first kappa shape index (κ1) is 21.9. The highest BCUT2D eigenvalue weighted by Crippen LogP contribution is 2.29. The smallest absolute Gasteiger partial charge is 0.255 e. The van der Waals surface area contributed by atoms with Crippen LogP contribution >= 0.6 is 0 Å². The van der Waals surface area contributed by atoms with Gasteiger partial charge in [0.2, 0.25) is 0 Å². The van der Waals surface area contributed by atoms with E-state index in [0.29, 0.717) is 51.4 Å². The summed E-state index contributed by atoms with van der Waals surface area (Å²) in [5.74, 6) is -0.697. The molecular formula is C28H22N4O3. The summed E-state index contributed by atoms with van der Waals surface area (Å²) < 4.78 is 0. The predicted octanol–water partition coefficient (Wildman–Crippen LogP) is 4.49. The number of fused-ring (bicyclic) bond motifs is 2. The Morgan fingerprint density at radius 1 is 0.600 bits per heavy atom. The third-order valence-electron chi connectivity index (χ3n) is 5.94. The van der Waals surface area contributed by atoms with Gasteiger partial charge in [-0.3, -0.25) is 14.4 Å². The highest BCUT2D eigenvalue weighted by Gasteiger charge is 2.25. The molecule has 0 saturated heterocycles. The van der Waals surface area contributed by atoms with Gasteiger partial charge in [-0.1, -0.05) is 0 Å². The summed E-state index contributed by atoms with van der Waals surface area (Å²) in [6, 6.07) is 23.8. The molecule has 0 fully saturated rings. The van der Waals surface area contributed by atoms with E-state index in [1.165, 1.54) is 0 Å². The number of amides is 2. The molecule has 0 radical (unpaired) electrons. The largest absolute Gasteiger partial charge is 0.399 e. The fourth-order valence-electron chi connectivity index (χ4n) is 4.10. The van der Waals surface area contributed by atoms with Gasteiger partial charge in [0.05, 0.1) is 0 Å². The highest BCUT2D eigenvalue weighted by molar-refractivity contribution is 6.14. The second-order valence-electron chi connectivity index (χ2n) is 8.40. The van der Waals surface area contributed by atoms with Crippen LogP contribution in [0, 0.1) is 0 Å². The van der Waals surface area contributed by atoms with Crippen molar-refractivity contribution < 1.29 is 14.4 Å². The van der Waals surface area contributed by atoms with Gasteiger partial charge in [-0.2, -0.15) is 0 Å². The number of nitrogen functional groups attached to an aromatic ring is 2. The van der Waals surface area contributed by atoms with E-state index in [2.05, 4.69) is 10.6 Å². The molecule has 7 heteroatoms. The molecule has 1 aliphatic carbocycles. The number of ketones is 1. The third-order valence-corrected chi connectivity index (χ3v) is 5.94. The van der Waals surface area contributed by atoms with E-state index in [4.69, 9.17) is 11.5 Å². The van der Waals surface area contributed by atoms with Crippen molar-refractivity contribution in [1.29, 1.82) is 0 Å². The maximum Gasteiger partial charge on any atom is 0.255 e. The Bertz CT molecular complexity index is 1360. The van der Waals surface area contributed by atoms with Crippen molar-refractivity contribution in [3.8, 4) is 0 Å². The molecule has 0 bridgehead atoms. The molecule has 5 rings (SSSR count). The summed E-state index contributed by atoms with van der Waals surface area (Å²) in [6.07, 6.45) is 0.433. The fourth-order valence-corrected chi connectivity index (χ4v) is 4.10. The van der Waals surface area contributed by atoms with Crippen LogP contribution in [0.3, 0.4) is 0 Å². The number of benzene rings is 4. The number of hydrogen-bond acceptors (Lipinski definition) is 5. The van der Waals surface area contributed by atoms with Crippen molar-refractivity contribution in [3.05, 3.63) is 118 Å². The van der Waals surface area contributed by atoms with Crippen molar-refractivity contribution >= 4 is 40.3 Å². The van der Waals surface area contributed by atoms with Gasteiger partial charge in [0.1, 0.15) is 0 Å². The first-order valence-electron chi connectivity index (χ1n) is 11.0. The van der Waals surface area contributed by atoms with Crippen molar-refractivity contribution in [2.75, 3.05) is 22.1 Å². The molecule has 0 atom stereocenters. The Hall–Kier alpha value is -4.91. The maximum absolute atomic E-state index is 13.1. The highest BCUT2D eigenvalue weighted by atomic mass is 16.2. The van der Waals surface area contributed by atoms with Crippen LogP contribution in [0.5, 0.6) is 0 Å². The van der Waals surface area contributed by atoms with Gasteiger partial charge in [-0.15, -0.1) is 0 Å². The van der Waals surface area contributed by atoms with Crippen LogP contribution < -0.4 is 22.1 Å². The zero-order valence-electron chi connectivity index (χ0n) is 18.7. The number of carbonyl (C=O) groups is 3. The van der Waals surface area contributed by atoms with E-state index in [0.717, 1.165) is 11.1 Å². The molecule has 0 saturated carbocycles. The minimum atomic E-state index is -0.285. The molecule has 7 nitrogen and oxygen atoms in total. The van der Waals surface area contributed by atoms with Crippen LogP contribution in [-0.2, 0) is 6.42 Å². The summed E-state index contributed by atoms with van der Waals surface area (Å²) in [7, 11) is 0. The van der Waals surface area contributed by atoms with Crippen molar-refractivity contribution in [2.24, 2.45) is 0 Å². The molecule has 6 N–H and O–H groups in total. The Kier molecular flexibility index (Phi) is 5.51. The standard InChI is InChI=1S/C28H22N4O3/c29-20-3-7-22(8-4-20)31-27(34)16-1-11-24-18(13-16)15-19-14-17(2-12-25(19)26(24)33)28(35)32-23-9-5-21(30)6-10-23/h1-14H,15,29-30H2,(H,31,34)(H,32,35). The van der Waals surface area contributed by atoms with E-state index in [9.17, 15) is 14.4 Å². The minimum Gasteiger partial charge on any atom is -0.399 e. The molecular weight excluding hydrogens is 440 g/mol. The van der Waals surface area contributed by atoms with Crippen LogP contribution in [0.4, 0.5) is 22.7 Å². The first-order valence-corrected chi connectivity index (χ1v) is 11.0. The molecule has 35 heavy (non-hydrogen) atoms. The molecule has 0 spiro atoms. The Balaban J connectivity index is 1.37. The lowest BCUT2D eigenvalue weighted by molar-refractivity contribution is 0.101. The second-order valence-corrected chi connectivity index (χ2v) is 8.40. The van der Waals surface area contributed by atoms with Crippen LogP contribution in [0.15, 0.2) is 84.9 Å².